The third-order valence-corrected chi connectivity index (χ3v) is 4.86. The number of rotatable bonds is 5. The van der Waals surface area contributed by atoms with Crippen LogP contribution in [-0.4, -0.2) is 22.5 Å². The molecule has 3 aromatic rings. The van der Waals surface area contributed by atoms with Gasteiger partial charge >= 0.3 is 0 Å². The van der Waals surface area contributed by atoms with Gasteiger partial charge in [0.15, 0.2) is 5.01 Å². The number of aliphatic hydroxyl groups is 1. The van der Waals surface area contributed by atoms with E-state index in [2.05, 4.69) is 10.3 Å². The van der Waals surface area contributed by atoms with E-state index in [9.17, 15) is 9.90 Å². The number of nitrogens with zero attached hydrogens (tertiary/aromatic N) is 1. The Labute approximate surface area is 130 Å². The van der Waals surface area contributed by atoms with Crippen molar-refractivity contribution in [2.24, 2.45) is 0 Å². The SMILES string of the molecule is O=C(NCCC(O)c1ccsc1)c1nc2ccccc2s1. The number of thiazole rings is 1. The molecule has 108 valence electrons. The predicted molar refractivity (Wildman–Crippen MR) is 85.8 cm³/mol. The van der Waals surface area contributed by atoms with Crippen molar-refractivity contribution in [1.29, 1.82) is 0 Å². The zero-order chi connectivity index (χ0) is 14.7. The molecule has 2 N–H and O–H groups in total. The van der Waals surface area contributed by atoms with Gasteiger partial charge in [0.1, 0.15) is 0 Å². The number of fused-ring (bicyclic) bond motifs is 1. The van der Waals surface area contributed by atoms with Crippen LogP contribution in [0.15, 0.2) is 41.1 Å². The average Bonchev–Trinajstić information content (AvgIpc) is 3.16. The number of hydrogen-bond donors (Lipinski definition) is 2. The summed E-state index contributed by atoms with van der Waals surface area (Å²) in [5.41, 5.74) is 1.74. The van der Waals surface area contributed by atoms with Crippen LogP contribution in [0.1, 0.15) is 27.9 Å². The Morgan fingerprint density at radius 2 is 2.19 bits per heavy atom. The van der Waals surface area contributed by atoms with Crippen molar-refractivity contribution in [3.8, 4) is 0 Å². The summed E-state index contributed by atoms with van der Waals surface area (Å²) in [6.45, 7) is 0.422. The quantitative estimate of drug-likeness (QED) is 0.759. The van der Waals surface area contributed by atoms with E-state index in [1.807, 2.05) is 41.1 Å². The van der Waals surface area contributed by atoms with Gasteiger partial charge in [-0.2, -0.15) is 11.3 Å². The van der Waals surface area contributed by atoms with E-state index in [1.165, 1.54) is 11.3 Å². The lowest BCUT2D eigenvalue weighted by Crippen LogP contribution is -2.25. The summed E-state index contributed by atoms with van der Waals surface area (Å²) in [6.07, 6.45) is -0.0418. The largest absolute Gasteiger partial charge is 0.388 e. The lowest BCUT2D eigenvalue weighted by Gasteiger charge is -2.08. The van der Waals surface area contributed by atoms with Crippen molar-refractivity contribution < 1.29 is 9.90 Å². The number of hydrogen-bond acceptors (Lipinski definition) is 5. The number of carbonyl (C=O) groups is 1. The molecule has 0 aliphatic carbocycles. The molecule has 0 spiro atoms. The van der Waals surface area contributed by atoms with Crippen LogP contribution in [0, 0.1) is 0 Å². The molecular formula is C15H14N2O2S2. The minimum absolute atomic E-state index is 0.186. The second-order valence-corrected chi connectivity index (χ2v) is 6.41. The van der Waals surface area contributed by atoms with Crippen LogP contribution in [0.2, 0.25) is 0 Å². The van der Waals surface area contributed by atoms with Crippen LogP contribution in [0.25, 0.3) is 10.2 Å². The molecule has 2 heterocycles. The molecule has 1 amide bonds. The summed E-state index contributed by atoms with van der Waals surface area (Å²) >= 11 is 2.93. The van der Waals surface area contributed by atoms with Crippen LogP contribution < -0.4 is 5.32 Å². The molecule has 4 nitrogen and oxygen atoms in total. The maximum atomic E-state index is 12.0. The lowest BCUT2D eigenvalue weighted by molar-refractivity contribution is 0.0942. The molecule has 0 bridgehead atoms. The van der Waals surface area contributed by atoms with Gasteiger partial charge in [0.25, 0.3) is 5.91 Å². The summed E-state index contributed by atoms with van der Waals surface area (Å²) in [4.78, 5) is 16.3. The van der Waals surface area contributed by atoms with E-state index in [0.717, 1.165) is 15.8 Å². The van der Waals surface area contributed by atoms with Crippen molar-refractivity contribution in [2.75, 3.05) is 6.54 Å². The molecule has 1 aromatic carbocycles. The fraction of sp³-hybridized carbons (Fsp3) is 0.200. The van der Waals surface area contributed by atoms with Crippen LogP contribution in [0.3, 0.4) is 0 Å². The molecule has 0 aliphatic heterocycles. The second-order valence-electron chi connectivity index (χ2n) is 4.60. The van der Waals surface area contributed by atoms with Crippen molar-refractivity contribution in [3.63, 3.8) is 0 Å². The van der Waals surface area contributed by atoms with Gasteiger partial charge in [0, 0.05) is 6.54 Å². The highest BCUT2D eigenvalue weighted by atomic mass is 32.1. The van der Waals surface area contributed by atoms with E-state index < -0.39 is 6.10 Å². The topological polar surface area (TPSA) is 62.2 Å². The Hall–Kier alpha value is -1.76. The summed E-state index contributed by atoms with van der Waals surface area (Å²) in [7, 11) is 0. The first kappa shape index (κ1) is 14.2. The standard InChI is InChI=1S/C15H14N2O2S2/c18-12(10-6-8-20-9-10)5-7-16-14(19)15-17-11-3-1-2-4-13(11)21-15/h1-4,6,8-9,12,18H,5,7H2,(H,16,19). The second kappa shape index (κ2) is 6.34. The summed E-state index contributed by atoms with van der Waals surface area (Å²) in [6, 6.07) is 9.57. The maximum absolute atomic E-state index is 12.0. The highest BCUT2D eigenvalue weighted by molar-refractivity contribution is 7.20. The average molecular weight is 318 g/mol. The zero-order valence-corrected chi connectivity index (χ0v) is 12.8. The first-order valence-electron chi connectivity index (χ1n) is 6.58. The predicted octanol–water partition coefficient (Wildman–Crippen LogP) is 3.21. The highest BCUT2D eigenvalue weighted by Crippen LogP contribution is 2.22. The molecule has 21 heavy (non-hydrogen) atoms. The molecule has 2 aromatic heterocycles. The van der Waals surface area contributed by atoms with Gasteiger partial charge in [-0.25, -0.2) is 4.98 Å². The molecule has 1 unspecified atom stereocenters. The monoisotopic (exact) mass is 318 g/mol. The molecule has 0 radical (unpaired) electrons. The summed E-state index contributed by atoms with van der Waals surface area (Å²) in [5.74, 6) is -0.186. The van der Waals surface area contributed by atoms with Gasteiger partial charge in [-0.3, -0.25) is 4.79 Å². The Bertz CT molecular complexity index is 704. The Balaban J connectivity index is 1.56. The normalized spacial score (nSPS) is 12.4. The van der Waals surface area contributed by atoms with Gasteiger partial charge in [-0.05, 0) is 40.9 Å². The maximum Gasteiger partial charge on any atom is 0.280 e. The Morgan fingerprint density at radius 3 is 2.95 bits per heavy atom. The molecule has 0 aliphatic rings. The first-order valence-corrected chi connectivity index (χ1v) is 8.34. The summed E-state index contributed by atoms with van der Waals surface area (Å²) in [5, 5.41) is 17.1. The number of para-hydroxylation sites is 1. The molecule has 0 saturated carbocycles. The van der Waals surface area contributed by atoms with E-state index in [0.29, 0.717) is 18.0 Å². The van der Waals surface area contributed by atoms with Crippen molar-refractivity contribution >= 4 is 38.8 Å². The smallest absolute Gasteiger partial charge is 0.280 e. The number of benzene rings is 1. The minimum Gasteiger partial charge on any atom is -0.388 e. The van der Waals surface area contributed by atoms with Crippen molar-refractivity contribution in [1.82, 2.24) is 10.3 Å². The third-order valence-electron chi connectivity index (χ3n) is 3.12. The fourth-order valence-electron chi connectivity index (χ4n) is 2.00. The number of nitrogens with one attached hydrogen (secondary N) is 1. The number of carbonyl (C=O) groups excluding carboxylic acids is 1. The molecule has 0 saturated heterocycles. The van der Waals surface area contributed by atoms with Crippen LogP contribution in [0.4, 0.5) is 0 Å². The van der Waals surface area contributed by atoms with Gasteiger partial charge in [-0.15, -0.1) is 11.3 Å². The van der Waals surface area contributed by atoms with Crippen LogP contribution in [-0.2, 0) is 0 Å². The Kier molecular flexibility index (Phi) is 4.28. The van der Waals surface area contributed by atoms with E-state index in [1.54, 1.807) is 11.3 Å². The summed E-state index contributed by atoms with van der Waals surface area (Å²) < 4.78 is 1.00. The van der Waals surface area contributed by atoms with Gasteiger partial charge in [0.05, 0.1) is 16.3 Å². The first-order chi connectivity index (χ1) is 10.2. The molecule has 0 fully saturated rings. The number of thiophene rings is 1. The molecule has 3 rings (SSSR count). The molecular weight excluding hydrogens is 304 g/mol. The van der Waals surface area contributed by atoms with Gasteiger partial charge in [0.2, 0.25) is 0 Å². The van der Waals surface area contributed by atoms with Crippen LogP contribution >= 0.6 is 22.7 Å². The fourth-order valence-corrected chi connectivity index (χ4v) is 3.59. The number of aliphatic hydroxyl groups excluding tert-OH is 1. The minimum atomic E-state index is -0.535. The van der Waals surface area contributed by atoms with Gasteiger partial charge in [-0.1, -0.05) is 12.1 Å². The van der Waals surface area contributed by atoms with Crippen LogP contribution in [0.5, 0.6) is 0 Å². The highest BCUT2D eigenvalue weighted by Gasteiger charge is 2.13. The van der Waals surface area contributed by atoms with Crippen molar-refractivity contribution in [2.45, 2.75) is 12.5 Å². The van der Waals surface area contributed by atoms with E-state index >= 15 is 0 Å². The third kappa shape index (κ3) is 3.29. The molecule has 6 heteroatoms. The van der Waals surface area contributed by atoms with E-state index in [4.69, 9.17) is 0 Å². The number of aromatic nitrogens is 1. The van der Waals surface area contributed by atoms with Crippen molar-refractivity contribution in [3.05, 3.63) is 51.7 Å². The Morgan fingerprint density at radius 1 is 1.33 bits per heavy atom. The van der Waals surface area contributed by atoms with Gasteiger partial charge < -0.3 is 10.4 Å². The van der Waals surface area contributed by atoms with E-state index in [-0.39, 0.29) is 5.91 Å². The molecule has 1 atom stereocenters. The zero-order valence-electron chi connectivity index (χ0n) is 11.2. The lowest BCUT2D eigenvalue weighted by atomic mass is 10.1. The number of amides is 1.